The van der Waals surface area contributed by atoms with Crippen LogP contribution in [-0.2, 0) is 4.74 Å². The predicted octanol–water partition coefficient (Wildman–Crippen LogP) is 4.52. The van der Waals surface area contributed by atoms with Gasteiger partial charge in [-0.05, 0) is 55.4 Å². The summed E-state index contributed by atoms with van der Waals surface area (Å²) < 4.78 is 11.6. The molecule has 0 bridgehead atoms. The maximum absolute atomic E-state index is 13.3. The van der Waals surface area contributed by atoms with Gasteiger partial charge in [0, 0.05) is 44.8 Å². The van der Waals surface area contributed by atoms with Gasteiger partial charge in [-0.1, -0.05) is 38.2 Å². The molecule has 1 aromatic carbocycles. The van der Waals surface area contributed by atoms with Crippen LogP contribution >= 0.6 is 0 Å². The lowest BCUT2D eigenvalue weighted by atomic mass is 9.87. The molecular formula is C28H41N3O3. The standard InChI is InChI=1S/C28H41N3O3/c32-28(25-10-5-11-26(22-25)34-19-12-23-6-2-1-3-7-23)31-15-13-29(14-16-31)27(24-8-4-9-24)30-17-20-33-21-18-30/h5,10-11,22-23H,1-4,6-9,12-21H2. The fourth-order valence-electron chi connectivity index (χ4n) is 5.84. The minimum atomic E-state index is 0.126. The third kappa shape index (κ3) is 5.70. The van der Waals surface area contributed by atoms with Gasteiger partial charge in [0.1, 0.15) is 11.6 Å². The van der Waals surface area contributed by atoms with Gasteiger partial charge in [0.15, 0.2) is 0 Å². The minimum Gasteiger partial charge on any atom is -0.494 e. The van der Waals surface area contributed by atoms with Crippen LogP contribution in [0.1, 0.15) is 68.1 Å². The lowest BCUT2D eigenvalue weighted by molar-refractivity contribution is 0.0272. The van der Waals surface area contributed by atoms with Crippen LogP contribution in [0.2, 0.25) is 0 Å². The fourth-order valence-corrected chi connectivity index (χ4v) is 5.84. The van der Waals surface area contributed by atoms with Crippen LogP contribution in [0.25, 0.3) is 0 Å². The summed E-state index contributed by atoms with van der Waals surface area (Å²) in [6, 6.07) is 7.80. The number of rotatable bonds is 7. The Hall–Kier alpha value is -2.21. The van der Waals surface area contributed by atoms with Crippen molar-refractivity contribution in [2.75, 3.05) is 59.1 Å². The topological polar surface area (TPSA) is 45.2 Å². The highest BCUT2D eigenvalue weighted by molar-refractivity contribution is 5.94. The molecule has 0 unspecified atom stereocenters. The zero-order valence-corrected chi connectivity index (χ0v) is 20.7. The van der Waals surface area contributed by atoms with Gasteiger partial charge in [0.25, 0.3) is 5.91 Å². The van der Waals surface area contributed by atoms with E-state index in [1.807, 2.05) is 29.2 Å². The summed E-state index contributed by atoms with van der Waals surface area (Å²) in [5.74, 6) is 3.20. The molecule has 1 aromatic rings. The molecule has 0 aromatic heterocycles. The van der Waals surface area contributed by atoms with Crippen LogP contribution in [0.3, 0.4) is 0 Å². The van der Waals surface area contributed by atoms with E-state index in [-0.39, 0.29) is 5.91 Å². The number of nitrogens with zero attached hydrogens (tertiary/aromatic N) is 3. The lowest BCUT2D eigenvalue weighted by Crippen LogP contribution is -2.52. The second kappa shape index (κ2) is 11.5. The Morgan fingerprint density at radius 3 is 2.29 bits per heavy atom. The highest BCUT2D eigenvalue weighted by Gasteiger charge is 2.30. The Morgan fingerprint density at radius 1 is 0.882 bits per heavy atom. The zero-order valence-electron chi connectivity index (χ0n) is 20.7. The van der Waals surface area contributed by atoms with Gasteiger partial charge in [-0.2, -0.15) is 0 Å². The van der Waals surface area contributed by atoms with E-state index in [0.717, 1.165) is 82.7 Å². The van der Waals surface area contributed by atoms with Crippen molar-refractivity contribution in [3.63, 3.8) is 0 Å². The van der Waals surface area contributed by atoms with Gasteiger partial charge in [-0.15, -0.1) is 0 Å². The number of hydrogen-bond donors (Lipinski definition) is 0. The van der Waals surface area contributed by atoms with Gasteiger partial charge < -0.3 is 24.2 Å². The average Bonchev–Trinajstić information content (AvgIpc) is 2.87. The summed E-state index contributed by atoms with van der Waals surface area (Å²) in [5, 5.41) is 0. The molecule has 2 saturated carbocycles. The molecule has 6 nitrogen and oxygen atoms in total. The molecule has 0 N–H and O–H groups in total. The molecule has 2 aliphatic heterocycles. The molecule has 4 fully saturated rings. The maximum Gasteiger partial charge on any atom is 0.254 e. The van der Waals surface area contributed by atoms with E-state index in [0.29, 0.717) is 0 Å². The Balaban J connectivity index is 1.14. The highest BCUT2D eigenvalue weighted by Crippen LogP contribution is 2.33. The maximum atomic E-state index is 13.3. The average molecular weight is 468 g/mol. The predicted molar refractivity (Wildman–Crippen MR) is 134 cm³/mol. The smallest absolute Gasteiger partial charge is 0.254 e. The Bertz CT molecular complexity index is 844. The largest absolute Gasteiger partial charge is 0.494 e. The molecule has 186 valence electrons. The number of piperazine rings is 1. The number of carbonyl (C=O) groups excluding carboxylic acids is 1. The summed E-state index contributed by atoms with van der Waals surface area (Å²) in [4.78, 5) is 20.3. The Morgan fingerprint density at radius 2 is 1.59 bits per heavy atom. The lowest BCUT2D eigenvalue weighted by Gasteiger charge is -2.44. The van der Waals surface area contributed by atoms with Crippen molar-refractivity contribution >= 4 is 5.91 Å². The van der Waals surface area contributed by atoms with Gasteiger partial charge in [-0.25, -0.2) is 0 Å². The quantitative estimate of drug-likeness (QED) is 0.590. The molecule has 1 amide bonds. The molecule has 0 radical (unpaired) electrons. The van der Waals surface area contributed by atoms with Gasteiger partial charge in [0.05, 0.1) is 19.8 Å². The first-order valence-electron chi connectivity index (χ1n) is 13.6. The van der Waals surface area contributed by atoms with E-state index >= 15 is 0 Å². The van der Waals surface area contributed by atoms with Crippen molar-refractivity contribution in [2.24, 2.45) is 5.92 Å². The highest BCUT2D eigenvalue weighted by atomic mass is 16.5. The van der Waals surface area contributed by atoms with Gasteiger partial charge in [-0.3, -0.25) is 4.79 Å². The Labute approximate surface area is 204 Å². The van der Waals surface area contributed by atoms with E-state index < -0.39 is 0 Å². The number of benzene rings is 1. The van der Waals surface area contributed by atoms with E-state index in [4.69, 9.17) is 9.47 Å². The van der Waals surface area contributed by atoms with Crippen molar-refractivity contribution in [3.05, 3.63) is 41.2 Å². The van der Waals surface area contributed by atoms with Crippen LogP contribution in [0.5, 0.6) is 5.75 Å². The Kier molecular flexibility index (Phi) is 7.94. The summed E-state index contributed by atoms with van der Waals surface area (Å²) in [6.07, 6.45) is 11.7. The van der Waals surface area contributed by atoms with Crippen LogP contribution in [-0.4, -0.2) is 79.7 Å². The summed E-state index contributed by atoms with van der Waals surface area (Å²) in [6.45, 7) is 7.68. The van der Waals surface area contributed by atoms with Crippen molar-refractivity contribution in [1.29, 1.82) is 0 Å². The van der Waals surface area contributed by atoms with Crippen molar-refractivity contribution < 1.29 is 14.3 Å². The van der Waals surface area contributed by atoms with E-state index in [9.17, 15) is 4.79 Å². The van der Waals surface area contributed by atoms with Gasteiger partial charge >= 0.3 is 0 Å². The summed E-state index contributed by atoms with van der Waals surface area (Å²) in [5.41, 5.74) is 2.34. The van der Waals surface area contributed by atoms with Crippen molar-refractivity contribution in [1.82, 2.24) is 14.7 Å². The fraction of sp³-hybridized carbons (Fsp3) is 0.679. The second-order valence-electron chi connectivity index (χ2n) is 10.3. The second-order valence-corrected chi connectivity index (χ2v) is 10.3. The normalized spacial score (nSPS) is 21.9. The SMILES string of the molecule is O=C(c1cccc(OCCC2CCCCC2)c1)N1CCN(C(=C2CCC2)N2CCOCC2)CC1. The minimum absolute atomic E-state index is 0.126. The molecule has 0 atom stereocenters. The third-order valence-corrected chi connectivity index (χ3v) is 8.05. The monoisotopic (exact) mass is 467 g/mol. The first-order chi connectivity index (χ1) is 16.8. The molecule has 2 saturated heterocycles. The number of amides is 1. The number of morpholine rings is 1. The molecule has 6 heteroatoms. The zero-order chi connectivity index (χ0) is 23.2. The van der Waals surface area contributed by atoms with Crippen LogP contribution < -0.4 is 4.74 Å². The van der Waals surface area contributed by atoms with Crippen LogP contribution in [0.15, 0.2) is 35.7 Å². The van der Waals surface area contributed by atoms with Crippen LogP contribution in [0.4, 0.5) is 0 Å². The molecule has 0 spiro atoms. The number of carbonyl (C=O) groups is 1. The first kappa shape index (κ1) is 23.5. The molecule has 2 aliphatic carbocycles. The molecule has 5 rings (SSSR count). The van der Waals surface area contributed by atoms with Crippen molar-refractivity contribution in [2.45, 2.75) is 57.8 Å². The molecular weight excluding hydrogens is 426 g/mol. The summed E-state index contributed by atoms with van der Waals surface area (Å²) >= 11 is 0. The molecule has 4 aliphatic rings. The number of hydrogen-bond acceptors (Lipinski definition) is 5. The first-order valence-corrected chi connectivity index (χ1v) is 13.6. The molecule has 34 heavy (non-hydrogen) atoms. The van der Waals surface area contributed by atoms with Crippen molar-refractivity contribution in [3.8, 4) is 5.75 Å². The van der Waals surface area contributed by atoms with E-state index in [2.05, 4.69) is 9.80 Å². The van der Waals surface area contributed by atoms with E-state index in [1.54, 1.807) is 5.57 Å². The summed E-state index contributed by atoms with van der Waals surface area (Å²) in [7, 11) is 0. The molecule has 2 heterocycles. The van der Waals surface area contributed by atoms with Gasteiger partial charge in [0.2, 0.25) is 0 Å². The number of allylic oxidation sites excluding steroid dienone is 1. The third-order valence-electron chi connectivity index (χ3n) is 8.05. The van der Waals surface area contributed by atoms with Crippen LogP contribution in [0, 0.1) is 5.92 Å². The van der Waals surface area contributed by atoms with E-state index in [1.165, 1.54) is 57.2 Å². The number of ether oxygens (including phenoxy) is 2.